The quantitative estimate of drug-likeness (QED) is 0.756. The molecule has 1 amide bonds. The van der Waals surface area contributed by atoms with Crippen LogP contribution in [0.5, 0.6) is 0 Å². The van der Waals surface area contributed by atoms with Crippen molar-refractivity contribution in [3.8, 4) is 0 Å². The van der Waals surface area contributed by atoms with Gasteiger partial charge < -0.3 is 15.0 Å². The summed E-state index contributed by atoms with van der Waals surface area (Å²) in [6, 6.07) is 1.70. The van der Waals surface area contributed by atoms with Crippen molar-refractivity contribution in [1.82, 2.24) is 15.2 Å². The van der Waals surface area contributed by atoms with Crippen LogP contribution in [0.1, 0.15) is 61.8 Å². The van der Waals surface area contributed by atoms with E-state index in [0.29, 0.717) is 42.1 Å². The van der Waals surface area contributed by atoms with E-state index >= 15 is 0 Å². The van der Waals surface area contributed by atoms with Gasteiger partial charge in [0.05, 0.1) is 11.5 Å². The van der Waals surface area contributed by atoms with Crippen molar-refractivity contribution in [3.05, 3.63) is 29.1 Å². The number of pyridine rings is 1. The smallest absolute Gasteiger partial charge is 0.381 e. The second-order valence-electron chi connectivity index (χ2n) is 9.97. The van der Waals surface area contributed by atoms with Gasteiger partial charge in [-0.3, -0.25) is 9.78 Å². The summed E-state index contributed by atoms with van der Waals surface area (Å²) in [6.45, 7) is 2.32. The van der Waals surface area contributed by atoms with Crippen LogP contribution in [0.15, 0.2) is 12.3 Å². The molecule has 3 heterocycles. The van der Waals surface area contributed by atoms with Crippen LogP contribution in [-0.4, -0.2) is 47.6 Å². The van der Waals surface area contributed by atoms with E-state index in [9.17, 15) is 18.0 Å². The fourth-order valence-electron chi connectivity index (χ4n) is 6.48. The molecule has 2 saturated carbocycles. The monoisotopic (exact) mass is 451 g/mol. The zero-order valence-electron chi connectivity index (χ0n) is 18.4. The predicted octanol–water partition coefficient (Wildman–Crippen LogP) is 3.95. The zero-order valence-corrected chi connectivity index (χ0v) is 18.4. The number of nitrogens with one attached hydrogen (secondary N) is 1. The third-order valence-electron chi connectivity index (χ3n) is 8.03. The summed E-state index contributed by atoms with van der Waals surface area (Å²) in [5, 5.41) is 3.82. The Kier molecular flexibility index (Phi) is 6.18. The first-order valence-corrected chi connectivity index (χ1v) is 12.1. The standard InChI is InChI=1S/C24H32F3N3O2/c25-24(26,27)17-11-16-14-30(8-6-20(16)28-13-17)23(31)22-19-5-1-3-15(19)12-21(22)29-18-4-2-9-32-10-7-18/h11,13,15,18-19,21-22,29H,1-10,12,14H2/t15-,18?,19-,21-,22?/m1/s1. The number of nitrogens with zero attached hydrogens (tertiary/aromatic N) is 2. The largest absolute Gasteiger partial charge is 0.417 e. The van der Waals surface area contributed by atoms with E-state index in [2.05, 4.69) is 10.3 Å². The average molecular weight is 452 g/mol. The third kappa shape index (κ3) is 4.40. The van der Waals surface area contributed by atoms with Gasteiger partial charge in [0.15, 0.2) is 0 Å². The van der Waals surface area contributed by atoms with E-state index in [-0.39, 0.29) is 24.4 Å². The van der Waals surface area contributed by atoms with Gasteiger partial charge in [0.25, 0.3) is 0 Å². The van der Waals surface area contributed by atoms with Gasteiger partial charge in [-0.15, -0.1) is 0 Å². The number of carbonyl (C=O) groups excluding carboxylic acids is 1. The number of fused-ring (bicyclic) bond motifs is 2. The normalized spacial score (nSPS) is 33.0. The Morgan fingerprint density at radius 3 is 2.88 bits per heavy atom. The summed E-state index contributed by atoms with van der Waals surface area (Å²) in [6.07, 6.45) is 4.53. The molecule has 5 rings (SSSR count). The lowest BCUT2D eigenvalue weighted by Crippen LogP contribution is -2.49. The molecule has 8 heteroatoms. The minimum Gasteiger partial charge on any atom is -0.381 e. The molecule has 1 saturated heterocycles. The van der Waals surface area contributed by atoms with Crippen molar-refractivity contribution in [1.29, 1.82) is 0 Å². The highest BCUT2D eigenvalue weighted by Crippen LogP contribution is 2.49. The molecular weight excluding hydrogens is 419 g/mol. The SMILES string of the molecule is O=C(C1[C@H](NC2CCCOCC2)C[C@H]2CCC[C@@H]12)N1CCc2ncc(C(F)(F)F)cc2C1. The summed E-state index contributed by atoms with van der Waals surface area (Å²) in [5.74, 6) is 1.01. The first-order valence-electron chi connectivity index (χ1n) is 12.1. The molecule has 2 aliphatic carbocycles. The van der Waals surface area contributed by atoms with Gasteiger partial charge in [-0.25, -0.2) is 0 Å². The molecule has 1 aromatic rings. The Balaban J connectivity index is 1.33. The van der Waals surface area contributed by atoms with E-state index in [1.807, 2.05) is 0 Å². The first kappa shape index (κ1) is 22.1. The van der Waals surface area contributed by atoms with Crippen molar-refractivity contribution in [2.24, 2.45) is 17.8 Å². The van der Waals surface area contributed by atoms with E-state index < -0.39 is 11.7 Å². The van der Waals surface area contributed by atoms with Crippen LogP contribution in [0.4, 0.5) is 13.2 Å². The molecule has 5 nitrogen and oxygen atoms in total. The van der Waals surface area contributed by atoms with E-state index in [1.54, 1.807) is 4.90 Å². The predicted molar refractivity (Wildman–Crippen MR) is 113 cm³/mol. The molecule has 0 aromatic carbocycles. The lowest BCUT2D eigenvalue weighted by molar-refractivity contribution is -0.138. The number of hydrogen-bond acceptors (Lipinski definition) is 4. The van der Waals surface area contributed by atoms with Gasteiger partial charge in [0.1, 0.15) is 0 Å². The number of hydrogen-bond donors (Lipinski definition) is 1. The Bertz CT molecular complexity index is 838. The Hall–Kier alpha value is -1.67. The van der Waals surface area contributed by atoms with Gasteiger partial charge in [-0.1, -0.05) is 12.8 Å². The zero-order chi connectivity index (χ0) is 22.3. The summed E-state index contributed by atoms with van der Waals surface area (Å²) >= 11 is 0. The van der Waals surface area contributed by atoms with Crippen LogP contribution in [0.2, 0.25) is 0 Å². The van der Waals surface area contributed by atoms with Crippen molar-refractivity contribution in [2.45, 2.75) is 76.2 Å². The van der Waals surface area contributed by atoms with Gasteiger partial charge in [0.2, 0.25) is 5.91 Å². The molecule has 176 valence electrons. The first-order chi connectivity index (χ1) is 15.4. The molecule has 0 radical (unpaired) electrons. The third-order valence-corrected chi connectivity index (χ3v) is 8.03. The van der Waals surface area contributed by atoms with Gasteiger partial charge in [0, 0.05) is 56.7 Å². The average Bonchev–Trinajstić information content (AvgIpc) is 3.24. The number of ether oxygens (including phenoxy) is 1. The maximum absolute atomic E-state index is 13.8. The number of carbonyl (C=O) groups is 1. The molecule has 5 atom stereocenters. The van der Waals surface area contributed by atoms with Gasteiger partial charge in [-0.05, 0) is 55.6 Å². The highest BCUT2D eigenvalue weighted by Gasteiger charge is 2.50. The van der Waals surface area contributed by atoms with Crippen molar-refractivity contribution >= 4 is 5.91 Å². The molecule has 1 N–H and O–H groups in total. The van der Waals surface area contributed by atoms with Gasteiger partial charge in [-0.2, -0.15) is 13.2 Å². The minimum absolute atomic E-state index is 0.0769. The maximum atomic E-state index is 13.8. The van der Waals surface area contributed by atoms with Crippen LogP contribution in [0, 0.1) is 17.8 Å². The minimum atomic E-state index is -4.42. The van der Waals surface area contributed by atoms with Gasteiger partial charge >= 0.3 is 6.18 Å². The molecule has 3 fully saturated rings. The molecule has 2 aliphatic heterocycles. The van der Waals surface area contributed by atoms with E-state index in [0.717, 1.165) is 51.5 Å². The summed E-state index contributed by atoms with van der Waals surface area (Å²) in [4.78, 5) is 19.6. The van der Waals surface area contributed by atoms with Crippen molar-refractivity contribution in [3.63, 3.8) is 0 Å². The van der Waals surface area contributed by atoms with Crippen molar-refractivity contribution in [2.75, 3.05) is 19.8 Å². The molecule has 0 spiro atoms. The molecule has 4 aliphatic rings. The fourth-order valence-corrected chi connectivity index (χ4v) is 6.48. The van der Waals surface area contributed by atoms with Crippen molar-refractivity contribution < 1.29 is 22.7 Å². The number of halogens is 3. The number of amides is 1. The van der Waals surface area contributed by atoms with Crippen LogP contribution < -0.4 is 5.32 Å². The highest BCUT2D eigenvalue weighted by atomic mass is 19.4. The molecular formula is C24H32F3N3O2. The second-order valence-corrected chi connectivity index (χ2v) is 9.97. The van der Waals surface area contributed by atoms with Crippen LogP contribution in [0.3, 0.4) is 0 Å². The summed E-state index contributed by atoms with van der Waals surface area (Å²) in [5.41, 5.74) is 0.476. The molecule has 1 aromatic heterocycles. The topological polar surface area (TPSA) is 54.5 Å². The van der Waals surface area contributed by atoms with E-state index in [4.69, 9.17) is 4.74 Å². The second kappa shape index (κ2) is 8.93. The summed E-state index contributed by atoms with van der Waals surface area (Å²) < 4.78 is 45.1. The van der Waals surface area contributed by atoms with Crippen LogP contribution >= 0.6 is 0 Å². The number of alkyl halides is 3. The Morgan fingerprint density at radius 1 is 1.16 bits per heavy atom. The molecule has 2 unspecified atom stereocenters. The Morgan fingerprint density at radius 2 is 2.03 bits per heavy atom. The number of aromatic nitrogens is 1. The lowest BCUT2D eigenvalue weighted by Gasteiger charge is -2.35. The van der Waals surface area contributed by atoms with E-state index in [1.165, 1.54) is 18.9 Å². The van der Waals surface area contributed by atoms with Crippen LogP contribution in [0.25, 0.3) is 0 Å². The highest BCUT2D eigenvalue weighted by molar-refractivity contribution is 5.81. The summed E-state index contributed by atoms with van der Waals surface area (Å²) in [7, 11) is 0. The Labute approximate surface area is 187 Å². The lowest BCUT2D eigenvalue weighted by atomic mass is 9.88. The molecule has 32 heavy (non-hydrogen) atoms. The molecule has 0 bridgehead atoms. The number of rotatable bonds is 3. The maximum Gasteiger partial charge on any atom is 0.417 e. The fraction of sp³-hybridized carbons (Fsp3) is 0.750. The van der Waals surface area contributed by atoms with Crippen LogP contribution in [-0.2, 0) is 28.7 Å².